The zero-order chi connectivity index (χ0) is 19.3. The van der Waals surface area contributed by atoms with Gasteiger partial charge in [-0.2, -0.15) is 10.1 Å². The van der Waals surface area contributed by atoms with Crippen LogP contribution in [0.5, 0.6) is 5.75 Å². The highest BCUT2D eigenvalue weighted by molar-refractivity contribution is 6.30. The van der Waals surface area contributed by atoms with Crippen molar-refractivity contribution in [2.24, 2.45) is 0 Å². The van der Waals surface area contributed by atoms with Gasteiger partial charge in [0.2, 0.25) is 5.95 Å². The molecular formula is C20H21ClN6O. The molecule has 1 N–H and O–H groups in total. The van der Waals surface area contributed by atoms with E-state index in [-0.39, 0.29) is 0 Å². The van der Waals surface area contributed by atoms with Crippen LogP contribution in [0.1, 0.15) is 0 Å². The Morgan fingerprint density at radius 1 is 1.00 bits per heavy atom. The van der Waals surface area contributed by atoms with Crippen LogP contribution in [0.25, 0.3) is 0 Å². The molecule has 7 nitrogen and oxygen atoms in total. The lowest BCUT2D eigenvalue weighted by atomic mass is 10.2. The van der Waals surface area contributed by atoms with E-state index in [2.05, 4.69) is 36.4 Å². The van der Waals surface area contributed by atoms with Gasteiger partial charge in [0.05, 0.1) is 19.0 Å². The zero-order valence-electron chi connectivity index (χ0n) is 15.5. The van der Waals surface area contributed by atoms with Crippen molar-refractivity contribution in [3.63, 3.8) is 0 Å². The van der Waals surface area contributed by atoms with Crippen molar-refractivity contribution in [3.05, 3.63) is 59.8 Å². The third-order valence-corrected chi connectivity index (χ3v) is 4.89. The van der Waals surface area contributed by atoms with Crippen LogP contribution in [0.4, 0.5) is 23.1 Å². The van der Waals surface area contributed by atoms with E-state index in [0.29, 0.717) is 11.0 Å². The first kappa shape index (κ1) is 18.3. The van der Waals surface area contributed by atoms with Crippen LogP contribution < -0.4 is 19.9 Å². The fourth-order valence-corrected chi connectivity index (χ4v) is 3.45. The number of benzene rings is 2. The second-order valence-corrected chi connectivity index (χ2v) is 6.86. The molecule has 1 aliphatic rings. The number of aromatic nitrogens is 3. The Hall–Kier alpha value is -3.06. The maximum absolute atomic E-state index is 6.03. The van der Waals surface area contributed by atoms with Gasteiger partial charge in [-0.1, -0.05) is 29.8 Å². The number of piperazine rings is 1. The van der Waals surface area contributed by atoms with Crippen molar-refractivity contribution in [2.45, 2.75) is 0 Å². The van der Waals surface area contributed by atoms with Gasteiger partial charge in [-0.05, 0) is 30.3 Å². The van der Waals surface area contributed by atoms with Gasteiger partial charge in [0, 0.05) is 36.9 Å². The predicted molar refractivity (Wildman–Crippen MR) is 112 cm³/mol. The number of methoxy groups -OCH3 is 1. The Balaban J connectivity index is 1.43. The topological polar surface area (TPSA) is 66.4 Å². The molecule has 2 heterocycles. The van der Waals surface area contributed by atoms with E-state index in [1.807, 2.05) is 42.5 Å². The summed E-state index contributed by atoms with van der Waals surface area (Å²) >= 11 is 6.03. The second kappa shape index (κ2) is 8.31. The molecule has 1 saturated heterocycles. The summed E-state index contributed by atoms with van der Waals surface area (Å²) < 4.78 is 5.49. The number of hydrogen-bond donors (Lipinski definition) is 1. The van der Waals surface area contributed by atoms with Crippen LogP contribution >= 0.6 is 11.6 Å². The monoisotopic (exact) mass is 396 g/mol. The molecule has 1 aliphatic heterocycles. The van der Waals surface area contributed by atoms with E-state index in [4.69, 9.17) is 16.3 Å². The Bertz CT molecular complexity index is 945. The van der Waals surface area contributed by atoms with Gasteiger partial charge < -0.3 is 19.9 Å². The zero-order valence-corrected chi connectivity index (χ0v) is 16.3. The molecule has 0 aliphatic carbocycles. The summed E-state index contributed by atoms with van der Waals surface area (Å²) in [7, 11) is 1.70. The van der Waals surface area contributed by atoms with Crippen LogP contribution in [0.3, 0.4) is 0 Å². The van der Waals surface area contributed by atoms with E-state index in [0.717, 1.165) is 49.1 Å². The molecule has 0 bridgehead atoms. The van der Waals surface area contributed by atoms with E-state index in [9.17, 15) is 0 Å². The second-order valence-electron chi connectivity index (χ2n) is 6.42. The summed E-state index contributed by atoms with van der Waals surface area (Å²) in [5.41, 5.74) is 1.95. The summed E-state index contributed by atoms with van der Waals surface area (Å²) in [6.07, 6.45) is 1.70. The average molecular weight is 397 g/mol. The SMILES string of the molecule is COc1ccccc1N1CCN(c2cnnc(Nc3cccc(Cl)c3)n2)CC1. The van der Waals surface area contributed by atoms with Gasteiger partial charge >= 0.3 is 0 Å². The summed E-state index contributed by atoms with van der Waals surface area (Å²) in [5, 5.41) is 12.0. The minimum absolute atomic E-state index is 0.451. The van der Waals surface area contributed by atoms with Gasteiger partial charge in [0.25, 0.3) is 0 Å². The molecule has 8 heteroatoms. The standard InChI is InChI=1S/C20H21ClN6O/c1-28-18-8-3-2-7-17(18)26-9-11-27(12-10-26)19-14-22-25-20(24-19)23-16-6-4-5-15(21)13-16/h2-8,13-14H,9-12H2,1H3,(H,23,24,25). The Morgan fingerprint density at radius 2 is 1.79 bits per heavy atom. The smallest absolute Gasteiger partial charge is 0.249 e. The van der Waals surface area contributed by atoms with Crippen LogP contribution in [0.15, 0.2) is 54.7 Å². The molecule has 1 aromatic heterocycles. The van der Waals surface area contributed by atoms with Gasteiger partial charge in [-0.25, -0.2) is 0 Å². The lowest BCUT2D eigenvalue weighted by Gasteiger charge is -2.37. The molecule has 4 rings (SSSR count). The first-order chi connectivity index (χ1) is 13.7. The number of para-hydroxylation sites is 2. The first-order valence-corrected chi connectivity index (χ1v) is 9.46. The molecule has 0 saturated carbocycles. The summed E-state index contributed by atoms with van der Waals surface area (Å²) in [4.78, 5) is 9.15. The number of nitrogens with zero attached hydrogens (tertiary/aromatic N) is 5. The third-order valence-electron chi connectivity index (χ3n) is 4.66. The van der Waals surface area contributed by atoms with Crippen molar-refractivity contribution in [3.8, 4) is 5.75 Å². The minimum atomic E-state index is 0.451. The maximum Gasteiger partial charge on any atom is 0.249 e. The van der Waals surface area contributed by atoms with Crippen molar-refractivity contribution in [1.82, 2.24) is 15.2 Å². The predicted octanol–water partition coefficient (Wildman–Crippen LogP) is 3.60. The maximum atomic E-state index is 6.03. The molecule has 0 amide bonds. The van der Waals surface area contributed by atoms with E-state index in [1.165, 1.54) is 0 Å². The highest BCUT2D eigenvalue weighted by Crippen LogP contribution is 2.29. The molecule has 0 atom stereocenters. The highest BCUT2D eigenvalue weighted by atomic mass is 35.5. The Morgan fingerprint density at radius 3 is 2.57 bits per heavy atom. The quantitative estimate of drug-likeness (QED) is 0.706. The van der Waals surface area contributed by atoms with E-state index in [1.54, 1.807) is 13.3 Å². The van der Waals surface area contributed by atoms with Gasteiger partial charge in [-0.3, -0.25) is 0 Å². The van der Waals surface area contributed by atoms with Gasteiger partial charge in [0.1, 0.15) is 5.75 Å². The normalized spacial score (nSPS) is 14.1. The molecule has 0 radical (unpaired) electrons. The lowest BCUT2D eigenvalue weighted by molar-refractivity contribution is 0.413. The van der Waals surface area contributed by atoms with Crippen molar-refractivity contribution in [1.29, 1.82) is 0 Å². The number of ether oxygens (including phenoxy) is 1. The molecule has 0 spiro atoms. The van der Waals surface area contributed by atoms with E-state index >= 15 is 0 Å². The molecule has 1 fully saturated rings. The largest absolute Gasteiger partial charge is 0.495 e. The first-order valence-electron chi connectivity index (χ1n) is 9.08. The third kappa shape index (κ3) is 4.09. The van der Waals surface area contributed by atoms with Gasteiger partial charge in [0.15, 0.2) is 5.82 Å². The number of halogens is 1. The van der Waals surface area contributed by atoms with Crippen molar-refractivity contribution >= 4 is 34.7 Å². The Kier molecular flexibility index (Phi) is 5.43. The molecule has 3 aromatic rings. The van der Waals surface area contributed by atoms with Crippen LogP contribution in [-0.4, -0.2) is 48.5 Å². The van der Waals surface area contributed by atoms with Crippen LogP contribution in [0.2, 0.25) is 5.02 Å². The number of rotatable bonds is 5. The molecule has 0 unspecified atom stereocenters. The van der Waals surface area contributed by atoms with Crippen LogP contribution in [0, 0.1) is 0 Å². The minimum Gasteiger partial charge on any atom is -0.495 e. The fraction of sp³-hybridized carbons (Fsp3) is 0.250. The van der Waals surface area contributed by atoms with Gasteiger partial charge in [-0.15, -0.1) is 5.10 Å². The molecule has 144 valence electrons. The summed E-state index contributed by atoms with van der Waals surface area (Å²) in [6.45, 7) is 3.43. The molecule has 28 heavy (non-hydrogen) atoms. The average Bonchev–Trinajstić information content (AvgIpc) is 2.74. The number of anilines is 4. The number of nitrogens with one attached hydrogen (secondary N) is 1. The Labute approximate surface area is 168 Å². The fourth-order valence-electron chi connectivity index (χ4n) is 3.26. The molecular weight excluding hydrogens is 376 g/mol. The van der Waals surface area contributed by atoms with E-state index < -0.39 is 0 Å². The lowest BCUT2D eigenvalue weighted by Crippen LogP contribution is -2.47. The van der Waals surface area contributed by atoms with Crippen LogP contribution in [-0.2, 0) is 0 Å². The van der Waals surface area contributed by atoms with Crippen molar-refractivity contribution in [2.75, 3.05) is 48.4 Å². The molecule has 2 aromatic carbocycles. The highest BCUT2D eigenvalue weighted by Gasteiger charge is 2.21. The van der Waals surface area contributed by atoms with Crippen molar-refractivity contribution < 1.29 is 4.74 Å². The number of hydrogen-bond acceptors (Lipinski definition) is 7. The summed E-state index contributed by atoms with van der Waals surface area (Å²) in [6, 6.07) is 15.5. The summed E-state index contributed by atoms with van der Waals surface area (Å²) in [5.74, 6) is 2.15.